The van der Waals surface area contributed by atoms with Crippen molar-refractivity contribution in [2.45, 2.75) is 20.3 Å². The van der Waals surface area contributed by atoms with Crippen LogP contribution in [-0.4, -0.2) is 15.8 Å². The summed E-state index contributed by atoms with van der Waals surface area (Å²) < 4.78 is 0. The smallest absolute Gasteiger partial charge is 0.130 e. The van der Waals surface area contributed by atoms with Gasteiger partial charge in [0.25, 0.3) is 0 Å². The standard InChI is InChI=1S/C14H15ClN2/c1-10-3-5-12(6-4-10)13-9-11(2)16-14(17-13)7-8-15/h3-6,9H,7-8H2,1-2H3. The van der Waals surface area contributed by atoms with Crippen LogP contribution in [-0.2, 0) is 6.42 Å². The molecular weight excluding hydrogens is 232 g/mol. The van der Waals surface area contributed by atoms with Crippen molar-refractivity contribution in [3.8, 4) is 11.3 Å². The number of hydrogen-bond acceptors (Lipinski definition) is 2. The molecule has 0 saturated carbocycles. The summed E-state index contributed by atoms with van der Waals surface area (Å²) in [6, 6.07) is 10.4. The molecule has 2 rings (SSSR count). The van der Waals surface area contributed by atoms with Crippen LogP contribution in [0.5, 0.6) is 0 Å². The molecule has 0 aliphatic heterocycles. The minimum atomic E-state index is 0.552. The van der Waals surface area contributed by atoms with E-state index >= 15 is 0 Å². The Hall–Kier alpha value is -1.41. The fourth-order valence-electron chi connectivity index (χ4n) is 1.70. The maximum absolute atomic E-state index is 5.73. The van der Waals surface area contributed by atoms with Gasteiger partial charge in [-0.3, -0.25) is 0 Å². The Morgan fingerprint density at radius 1 is 1.06 bits per heavy atom. The average molecular weight is 247 g/mol. The Labute approximate surface area is 107 Å². The first kappa shape index (κ1) is 12.1. The number of aromatic nitrogens is 2. The zero-order valence-electron chi connectivity index (χ0n) is 10.1. The third kappa shape index (κ3) is 3.04. The average Bonchev–Trinajstić information content (AvgIpc) is 2.29. The van der Waals surface area contributed by atoms with Gasteiger partial charge in [-0.25, -0.2) is 9.97 Å². The Balaban J connectivity index is 2.40. The lowest BCUT2D eigenvalue weighted by atomic mass is 10.1. The lowest BCUT2D eigenvalue weighted by Gasteiger charge is -2.05. The summed E-state index contributed by atoms with van der Waals surface area (Å²) in [5, 5.41) is 0. The summed E-state index contributed by atoms with van der Waals surface area (Å²) in [6.07, 6.45) is 0.710. The van der Waals surface area contributed by atoms with E-state index in [4.69, 9.17) is 11.6 Å². The largest absolute Gasteiger partial charge is 0.238 e. The second-order valence-corrected chi connectivity index (χ2v) is 4.49. The molecule has 0 bridgehead atoms. The molecule has 0 spiro atoms. The predicted molar refractivity (Wildman–Crippen MR) is 71.4 cm³/mol. The first-order valence-corrected chi connectivity index (χ1v) is 6.20. The fourth-order valence-corrected chi connectivity index (χ4v) is 1.87. The summed E-state index contributed by atoms with van der Waals surface area (Å²) in [4.78, 5) is 8.90. The van der Waals surface area contributed by atoms with Crippen molar-refractivity contribution in [1.29, 1.82) is 0 Å². The quantitative estimate of drug-likeness (QED) is 0.775. The molecule has 2 aromatic rings. The molecule has 0 aliphatic rings. The molecule has 2 nitrogen and oxygen atoms in total. The van der Waals surface area contributed by atoms with Crippen LogP contribution in [0.25, 0.3) is 11.3 Å². The first-order valence-electron chi connectivity index (χ1n) is 5.66. The minimum Gasteiger partial charge on any atom is -0.238 e. The maximum atomic E-state index is 5.73. The highest BCUT2D eigenvalue weighted by Gasteiger charge is 2.04. The highest BCUT2D eigenvalue weighted by Crippen LogP contribution is 2.18. The van der Waals surface area contributed by atoms with E-state index in [1.54, 1.807) is 0 Å². The van der Waals surface area contributed by atoms with E-state index < -0.39 is 0 Å². The number of aryl methyl sites for hydroxylation is 3. The van der Waals surface area contributed by atoms with Crippen molar-refractivity contribution in [1.82, 2.24) is 9.97 Å². The van der Waals surface area contributed by atoms with E-state index in [1.165, 1.54) is 5.56 Å². The van der Waals surface area contributed by atoms with Gasteiger partial charge in [0.1, 0.15) is 5.82 Å². The minimum absolute atomic E-state index is 0.552. The highest BCUT2D eigenvalue weighted by molar-refractivity contribution is 6.17. The lowest BCUT2D eigenvalue weighted by molar-refractivity contribution is 0.925. The lowest BCUT2D eigenvalue weighted by Crippen LogP contribution is -2.00. The van der Waals surface area contributed by atoms with Crippen LogP contribution < -0.4 is 0 Å². The van der Waals surface area contributed by atoms with E-state index in [1.807, 2.05) is 13.0 Å². The van der Waals surface area contributed by atoms with Gasteiger partial charge in [0, 0.05) is 23.6 Å². The number of alkyl halides is 1. The van der Waals surface area contributed by atoms with E-state index in [-0.39, 0.29) is 0 Å². The second-order valence-electron chi connectivity index (χ2n) is 4.12. The van der Waals surface area contributed by atoms with Crippen molar-refractivity contribution in [2.75, 3.05) is 5.88 Å². The molecule has 0 atom stereocenters. The number of hydrogen-bond donors (Lipinski definition) is 0. The Kier molecular flexibility index (Phi) is 3.75. The summed E-state index contributed by atoms with van der Waals surface area (Å²) in [5.41, 5.74) is 4.32. The zero-order valence-corrected chi connectivity index (χ0v) is 10.8. The van der Waals surface area contributed by atoms with Crippen molar-refractivity contribution >= 4 is 11.6 Å². The van der Waals surface area contributed by atoms with Gasteiger partial charge < -0.3 is 0 Å². The van der Waals surface area contributed by atoms with Gasteiger partial charge in [-0.1, -0.05) is 29.8 Å². The SMILES string of the molecule is Cc1ccc(-c2cc(C)nc(CCCl)n2)cc1. The van der Waals surface area contributed by atoms with Crippen molar-refractivity contribution < 1.29 is 0 Å². The van der Waals surface area contributed by atoms with Crippen LogP contribution in [0.15, 0.2) is 30.3 Å². The van der Waals surface area contributed by atoms with Gasteiger partial charge in [0.15, 0.2) is 0 Å². The molecule has 1 aromatic heterocycles. The van der Waals surface area contributed by atoms with Crippen LogP contribution in [0.2, 0.25) is 0 Å². The van der Waals surface area contributed by atoms with E-state index in [2.05, 4.69) is 41.2 Å². The zero-order chi connectivity index (χ0) is 12.3. The number of rotatable bonds is 3. The molecular formula is C14H15ClN2. The van der Waals surface area contributed by atoms with Crippen molar-refractivity contribution in [3.63, 3.8) is 0 Å². The molecule has 0 N–H and O–H groups in total. The van der Waals surface area contributed by atoms with E-state index in [0.29, 0.717) is 12.3 Å². The van der Waals surface area contributed by atoms with Gasteiger partial charge >= 0.3 is 0 Å². The number of halogens is 1. The van der Waals surface area contributed by atoms with Gasteiger partial charge in [-0.15, -0.1) is 11.6 Å². The van der Waals surface area contributed by atoms with E-state index in [9.17, 15) is 0 Å². The van der Waals surface area contributed by atoms with Crippen LogP contribution in [0, 0.1) is 13.8 Å². The predicted octanol–water partition coefficient (Wildman–Crippen LogP) is 3.54. The van der Waals surface area contributed by atoms with Gasteiger partial charge in [0.05, 0.1) is 5.69 Å². The molecule has 0 saturated heterocycles. The maximum Gasteiger partial charge on any atom is 0.130 e. The van der Waals surface area contributed by atoms with Gasteiger partial charge in [-0.2, -0.15) is 0 Å². The van der Waals surface area contributed by atoms with Crippen LogP contribution >= 0.6 is 11.6 Å². The van der Waals surface area contributed by atoms with Gasteiger partial charge in [0.2, 0.25) is 0 Å². The Bertz CT molecular complexity index is 506. The van der Waals surface area contributed by atoms with E-state index in [0.717, 1.165) is 22.8 Å². The molecule has 0 aliphatic carbocycles. The normalized spacial score (nSPS) is 10.5. The van der Waals surface area contributed by atoms with Crippen LogP contribution in [0.4, 0.5) is 0 Å². The third-order valence-electron chi connectivity index (χ3n) is 2.57. The summed E-state index contributed by atoms with van der Waals surface area (Å²) >= 11 is 5.73. The Morgan fingerprint density at radius 3 is 2.41 bits per heavy atom. The topological polar surface area (TPSA) is 25.8 Å². The molecule has 0 radical (unpaired) electrons. The molecule has 0 unspecified atom stereocenters. The Morgan fingerprint density at radius 2 is 1.76 bits per heavy atom. The molecule has 1 aromatic carbocycles. The second kappa shape index (κ2) is 5.28. The van der Waals surface area contributed by atoms with Crippen LogP contribution in [0.1, 0.15) is 17.1 Å². The van der Waals surface area contributed by atoms with Crippen LogP contribution in [0.3, 0.4) is 0 Å². The first-order chi connectivity index (χ1) is 8.19. The molecule has 88 valence electrons. The van der Waals surface area contributed by atoms with Crippen molar-refractivity contribution in [2.24, 2.45) is 0 Å². The molecule has 0 fully saturated rings. The molecule has 0 amide bonds. The molecule has 17 heavy (non-hydrogen) atoms. The summed E-state index contributed by atoms with van der Waals surface area (Å²) in [6.45, 7) is 4.06. The highest BCUT2D eigenvalue weighted by atomic mass is 35.5. The summed E-state index contributed by atoms with van der Waals surface area (Å²) in [5.74, 6) is 1.37. The number of nitrogens with zero attached hydrogens (tertiary/aromatic N) is 2. The fraction of sp³-hybridized carbons (Fsp3) is 0.286. The molecule has 1 heterocycles. The van der Waals surface area contributed by atoms with Crippen molar-refractivity contribution in [3.05, 3.63) is 47.4 Å². The number of benzene rings is 1. The van der Waals surface area contributed by atoms with Gasteiger partial charge in [-0.05, 0) is 19.9 Å². The molecule has 3 heteroatoms. The third-order valence-corrected chi connectivity index (χ3v) is 2.75. The summed E-state index contributed by atoms with van der Waals surface area (Å²) in [7, 11) is 0. The monoisotopic (exact) mass is 246 g/mol.